The van der Waals surface area contributed by atoms with E-state index in [-0.39, 0.29) is 0 Å². The van der Waals surface area contributed by atoms with E-state index in [9.17, 15) is 0 Å². The van der Waals surface area contributed by atoms with Crippen LogP contribution in [0.4, 0.5) is 5.69 Å². The number of para-hydroxylation sites is 1. The van der Waals surface area contributed by atoms with Crippen molar-refractivity contribution < 1.29 is 4.74 Å². The van der Waals surface area contributed by atoms with E-state index in [0.29, 0.717) is 6.61 Å². The SMILES string of the molecule is Brc1cc(Br)c(NCCCOc2ccccc2)c(Br)c1. The first kappa shape index (κ1) is 15.9. The van der Waals surface area contributed by atoms with Crippen LogP contribution in [0.2, 0.25) is 0 Å². The molecule has 5 heteroatoms. The van der Waals surface area contributed by atoms with Gasteiger partial charge < -0.3 is 10.1 Å². The summed E-state index contributed by atoms with van der Waals surface area (Å²) in [4.78, 5) is 0. The summed E-state index contributed by atoms with van der Waals surface area (Å²) >= 11 is 10.6. The molecule has 0 saturated carbocycles. The maximum absolute atomic E-state index is 5.65. The largest absolute Gasteiger partial charge is 0.494 e. The number of ether oxygens (including phenoxy) is 1. The highest BCUT2D eigenvalue weighted by Crippen LogP contribution is 2.34. The molecule has 0 aliphatic rings. The van der Waals surface area contributed by atoms with Crippen LogP contribution in [-0.4, -0.2) is 13.2 Å². The Morgan fingerprint density at radius 2 is 1.60 bits per heavy atom. The predicted octanol–water partition coefficient (Wildman–Crippen LogP) is 5.86. The molecule has 0 aromatic heterocycles. The second kappa shape index (κ2) is 8.05. The summed E-state index contributed by atoms with van der Waals surface area (Å²) in [6.07, 6.45) is 0.934. The molecule has 0 heterocycles. The molecule has 0 saturated heterocycles. The Kier molecular flexibility index (Phi) is 6.39. The first-order valence-electron chi connectivity index (χ1n) is 6.23. The molecule has 0 unspecified atom stereocenters. The number of nitrogens with one attached hydrogen (secondary N) is 1. The Hall–Kier alpha value is -0.520. The summed E-state index contributed by atoms with van der Waals surface area (Å²) in [5, 5.41) is 3.40. The number of benzene rings is 2. The molecule has 0 radical (unpaired) electrons. The van der Waals surface area contributed by atoms with Crippen molar-refractivity contribution in [3.63, 3.8) is 0 Å². The smallest absolute Gasteiger partial charge is 0.119 e. The molecule has 0 bridgehead atoms. The summed E-state index contributed by atoms with van der Waals surface area (Å²) in [5.74, 6) is 0.915. The topological polar surface area (TPSA) is 21.3 Å². The minimum Gasteiger partial charge on any atom is -0.494 e. The lowest BCUT2D eigenvalue weighted by atomic mass is 10.3. The second-order valence-corrected chi connectivity index (χ2v) is 6.81. The number of hydrogen-bond acceptors (Lipinski definition) is 2. The zero-order valence-electron chi connectivity index (χ0n) is 10.7. The normalized spacial score (nSPS) is 10.3. The van der Waals surface area contributed by atoms with Crippen molar-refractivity contribution in [2.24, 2.45) is 0 Å². The average molecular weight is 464 g/mol. The zero-order chi connectivity index (χ0) is 14.4. The molecule has 0 atom stereocenters. The Morgan fingerprint density at radius 1 is 0.950 bits per heavy atom. The third-order valence-electron chi connectivity index (χ3n) is 2.64. The van der Waals surface area contributed by atoms with Crippen molar-refractivity contribution >= 4 is 53.5 Å². The van der Waals surface area contributed by atoms with Gasteiger partial charge in [-0.3, -0.25) is 0 Å². The first-order chi connectivity index (χ1) is 9.66. The molecule has 2 nitrogen and oxygen atoms in total. The molecule has 2 aromatic carbocycles. The quantitative estimate of drug-likeness (QED) is 0.542. The molecule has 20 heavy (non-hydrogen) atoms. The van der Waals surface area contributed by atoms with Gasteiger partial charge in [0, 0.05) is 20.0 Å². The molecule has 0 aliphatic carbocycles. The van der Waals surface area contributed by atoms with Crippen molar-refractivity contribution in [1.82, 2.24) is 0 Å². The Labute approximate surface area is 144 Å². The summed E-state index contributed by atoms with van der Waals surface area (Å²) < 4.78 is 8.75. The minimum absolute atomic E-state index is 0.697. The second-order valence-electron chi connectivity index (χ2n) is 4.19. The number of rotatable bonds is 6. The number of halogens is 3. The molecule has 106 valence electrons. The minimum atomic E-state index is 0.697. The van der Waals surface area contributed by atoms with Gasteiger partial charge in [-0.25, -0.2) is 0 Å². The van der Waals surface area contributed by atoms with Crippen LogP contribution in [0.25, 0.3) is 0 Å². The van der Waals surface area contributed by atoms with E-state index in [0.717, 1.165) is 37.8 Å². The van der Waals surface area contributed by atoms with Gasteiger partial charge in [0.25, 0.3) is 0 Å². The van der Waals surface area contributed by atoms with E-state index in [1.54, 1.807) is 0 Å². The maximum Gasteiger partial charge on any atom is 0.119 e. The number of anilines is 1. The van der Waals surface area contributed by atoms with Gasteiger partial charge in [-0.2, -0.15) is 0 Å². The lowest BCUT2D eigenvalue weighted by Gasteiger charge is -2.12. The fourth-order valence-corrected chi connectivity index (χ4v) is 4.24. The molecular weight excluding hydrogens is 450 g/mol. The lowest BCUT2D eigenvalue weighted by Crippen LogP contribution is -2.08. The summed E-state index contributed by atoms with van der Waals surface area (Å²) in [5.41, 5.74) is 1.06. The van der Waals surface area contributed by atoms with E-state index in [2.05, 4.69) is 53.1 Å². The summed E-state index contributed by atoms with van der Waals surface area (Å²) in [6, 6.07) is 13.9. The van der Waals surface area contributed by atoms with E-state index < -0.39 is 0 Å². The highest BCUT2D eigenvalue weighted by molar-refractivity contribution is 9.11. The van der Waals surface area contributed by atoms with Crippen LogP contribution in [0, 0.1) is 0 Å². The molecule has 0 aliphatic heterocycles. The van der Waals surface area contributed by atoms with Crippen LogP contribution < -0.4 is 10.1 Å². The van der Waals surface area contributed by atoms with Crippen LogP contribution in [0.3, 0.4) is 0 Å². The predicted molar refractivity (Wildman–Crippen MR) is 94.6 cm³/mol. The van der Waals surface area contributed by atoms with Crippen molar-refractivity contribution in [3.05, 3.63) is 55.9 Å². The van der Waals surface area contributed by atoms with Gasteiger partial charge in [0.05, 0.1) is 12.3 Å². The lowest BCUT2D eigenvalue weighted by molar-refractivity contribution is 0.315. The molecule has 2 aromatic rings. The average Bonchev–Trinajstić information content (AvgIpc) is 2.42. The van der Waals surface area contributed by atoms with Crippen molar-refractivity contribution in [2.75, 3.05) is 18.5 Å². The molecule has 1 N–H and O–H groups in total. The standard InChI is InChI=1S/C15H14Br3NO/c16-11-9-13(17)15(14(18)10-11)19-7-4-8-20-12-5-2-1-3-6-12/h1-3,5-6,9-10,19H,4,7-8H2. The van der Waals surface area contributed by atoms with Gasteiger partial charge >= 0.3 is 0 Å². The first-order valence-corrected chi connectivity index (χ1v) is 8.61. The number of hydrogen-bond donors (Lipinski definition) is 1. The summed E-state index contributed by atoms with van der Waals surface area (Å²) in [7, 11) is 0. The third kappa shape index (κ3) is 4.79. The Morgan fingerprint density at radius 3 is 2.25 bits per heavy atom. The van der Waals surface area contributed by atoms with Gasteiger partial charge in [0.1, 0.15) is 5.75 Å². The molecule has 0 amide bonds. The maximum atomic E-state index is 5.65. The highest BCUT2D eigenvalue weighted by atomic mass is 79.9. The highest BCUT2D eigenvalue weighted by Gasteiger charge is 2.05. The van der Waals surface area contributed by atoms with Crippen LogP contribution in [-0.2, 0) is 0 Å². The van der Waals surface area contributed by atoms with E-state index in [1.165, 1.54) is 0 Å². The fraction of sp³-hybridized carbons (Fsp3) is 0.200. The van der Waals surface area contributed by atoms with Crippen molar-refractivity contribution in [3.8, 4) is 5.75 Å². The van der Waals surface area contributed by atoms with Crippen LogP contribution in [0.15, 0.2) is 55.9 Å². The summed E-state index contributed by atoms with van der Waals surface area (Å²) in [6.45, 7) is 1.55. The fourth-order valence-electron chi connectivity index (χ4n) is 1.70. The van der Waals surface area contributed by atoms with Crippen molar-refractivity contribution in [1.29, 1.82) is 0 Å². The Balaban J connectivity index is 1.76. The van der Waals surface area contributed by atoms with Crippen LogP contribution >= 0.6 is 47.8 Å². The van der Waals surface area contributed by atoms with Crippen LogP contribution in [0.5, 0.6) is 5.75 Å². The van der Waals surface area contributed by atoms with E-state index in [4.69, 9.17) is 4.74 Å². The van der Waals surface area contributed by atoms with Crippen LogP contribution in [0.1, 0.15) is 6.42 Å². The third-order valence-corrected chi connectivity index (χ3v) is 4.35. The van der Waals surface area contributed by atoms with E-state index in [1.807, 2.05) is 42.5 Å². The zero-order valence-corrected chi connectivity index (χ0v) is 15.5. The van der Waals surface area contributed by atoms with E-state index >= 15 is 0 Å². The Bertz CT molecular complexity index is 537. The molecule has 0 spiro atoms. The van der Waals surface area contributed by atoms with Gasteiger partial charge in [0.15, 0.2) is 0 Å². The molecular formula is C15H14Br3NO. The molecule has 2 rings (SSSR count). The van der Waals surface area contributed by atoms with Gasteiger partial charge in [0.2, 0.25) is 0 Å². The van der Waals surface area contributed by atoms with Gasteiger partial charge in [-0.05, 0) is 62.5 Å². The monoisotopic (exact) mass is 461 g/mol. The van der Waals surface area contributed by atoms with Crippen molar-refractivity contribution in [2.45, 2.75) is 6.42 Å². The van der Waals surface area contributed by atoms with Gasteiger partial charge in [-0.1, -0.05) is 34.1 Å². The molecule has 0 fully saturated rings. The van der Waals surface area contributed by atoms with Gasteiger partial charge in [-0.15, -0.1) is 0 Å².